The molecule has 0 aromatic heterocycles. The van der Waals surface area contributed by atoms with Gasteiger partial charge >= 0.3 is 0 Å². The molecule has 2 rings (SSSR count). The SMILES string of the molecule is Cc1cc(C)c(S(=O)(=O)NCCSCc2ccccc2Cl)c(C)c1. The maximum atomic E-state index is 12.5. The van der Waals surface area contributed by atoms with Crippen LogP contribution in [0.4, 0.5) is 0 Å². The van der Waals surface area contributed by atoms with Gasteiger partial charge in [-0.15, -0.1) is 0 Å². The van der Waals surface area contributed by atoms with Crippen molar-refractivity contribution >= 4 is 33.4 Å². The molecular weight excluding hydrogens is 362 g/mol. The van der Waals surface area contributed by atoms with E-state index < -0.39 is 10.0 Å². The Morgan fingerprint density at radius 1 is 1.08 bits per heavy atom. The summed E-state index contributed by atoms with van der Waals surface area (Å²) >= 11 is 7.77. The van der Waals surface area contributed by atoms with E-state index in [1.165, 1.54) is 0 Å². The van der Waals surface area contributed by atoms with E-state index in [-0.39, 0.29) is 0 Å². The fraction of sp³-hybridized carbons (Fsp3) is 0.333. The van der Waals surface area contributed by atoms with Gasteiger partial charge in [0.2, 0.25) is 10.0 Å². The van der Waals surface area contributed by atoms with Crippen LogP contribution in [0.15, 0.2) is 41.3 Å². The molecule has 0 aliphatic carbocycles. The van der Waals surface area contributed by atoms with Crippen molar-refractivity contribution in [1.29, 1.82) is 0 Å². The zero-order chi connectivity index (χ0) is 17.7. The van der Waals surface area contributed by atoms with E-state index in [1.807, 2.05) is 57.2 Å². The Morgan fingerprint density at radius 3 is 2.33 bits per heavy atom. The molecule has 0 aliphatic rings. The van der Waals surface area contributed by atoms with Crippen molar-refractivity contribution in [3.05, 3.63) is 63.7 Å². The van der Waals surface area contributed by atoms with E-state index in [9.17, 15) is 8.42 Å². The molecule has 0 radical (unpaired) electrons. The summed E-state index contributed by atoms with van der Waals surface area (Å²) in [5, 5.41) is 0.747. The van der Waals surface area contributed by atoms with Crippen molar-refractivity contribution in [2.24, 2.45) is 0 Å². The number of aryl methyl sites for hydroxylation is 3. The molecule has 0 saturated heterocycles. The predicted octanol–water partition coefficient (Wildman–Crippen LogP) is 4.48. The number of hydrogen-bond acceptors (Lipinski definition) is 3. The minimum atomic E-state index is -3.48. The van der Waals surface area contributed by atoms with Crippen molar-refractivity contribution in [3.8, 4) is 0 Å². The van der Waals surface area contributed by atoms with Crippen LogP contribution in [0.3, 0.4) is 0 Å². The smallest absolute Gasteiger partial charge is 0.210 e. The molecule has 0 unspecified atom stereocenters. The summed E-state index contributed by atoms with van der Waals surface area (Å²) in [5.74, 6) is 1.46. The average Bonchev–Trinajstić information content (AvgIpc) is 2.47. The molecule has 6 heteroatoms. The van der Waals surface area contributed by atoms with Crippen LogP contribution in [0, 0.1) is 20.8 Å². The molecule has 0 saturated carbocycles. The first kappa shape index (κ1) is 19.3. The van der Waals surface area contributed by atoms with Crippen molar-refractivity contribution in [2.45, 2.75) is 31.4 Å². The summed E-state index contributed by atoms with van der Waals surface area (Å²) < 4.78 is 27.8. The van der Waals surface area contributed by atoms with Gasteiger partial charge in [0.05, 0.1) is 4.90 Å². The van der Waals surface area contributed by atoms with Crippen molar-refractivity contribution in [1.82, 2.24) is 4.72 Å². The van der Waals surface area contributed by atoms with Crippen LogP contribution < -0.4 is 4.72 Å². The van der Waals surface area contributed by atoms with E-state index in [0.717, 1.165) is 33.0 Å². The first-order chi connectivity index (χ1) is 11.3. The highest BCUT2D eigenvalue weighted by Crippen LogP contribution is 2.22. The number of nitrogens with one attached hydrogen (secondary N) is 1. The van der Waals surface area contributed by atoms with Crippen LogP contribution in [0.1, 0.15) is 22.3 Å². The lowest BCUT2D eigenvalue weighted by atomic mass is 10.1. The fourth-order valence-corrected chi connectivity index (χ4v) is 5.46. The minimum Gasteiger partial charge on any atom is -0.210 e. The molecule has 0 aliphatic heterocycles. The van der Waals surface area contributed by atoms with E-state index in [1.54, 1.807) is 11.8 Å². The highest BCUT2D eigenvalue weighted by atomic mass is 35.5. The lowest BCUT2D eigenvalue weighted by Crippen LogP contribution is -2.27. The van der Waals surface area contributed by atoms with Gasteiger partial charge in [0.15, 0.2) is 0 Å². The number of rotatable bonds is 7. The number of thioether (sulfide) groups is 1. The summed E-state index contributed by atoms with van der Waals surface area (Å²) in [6.45, 7) is 6.03. The number of benzene rings is 2. The number of sulfonamides is 1. The van der Waals surface area contributed by atoms with Gasteiger partial charge < -0.3 is 0 Å². The van der Waals surface area contributed by atoms with Gasteiger partial charge in [-0.1, -0.05) is 47.5 Å². The summed E-state index contributed by atoms with van der Waals surface area (Å²) in [6, 6.07) is 11.5. The molecule has 0 bridgehead atoms. The van der Waals surface area contributed by atoms with Crippen molar-refractivity contribution in [2.75, 3.05) is 12.3 Å². The van der Waals surface area contributed by atoms with Crippen molar-refractivity contribution in [3.63, 3.8) is 0 Å². The first-order valence-corrected chi connectivity index (χ1v) is 10.7. The summed E-state index contributed by atoms with van der Waals surface area (Å²) in [5.41, 5.74) is 3.70. The third kappa shape index (κ3) is 4.99. The van der Waals surface area contributed by atoms with Crippen LogP contribution >= 0.6 is 23.4 Å². The van der Waals surface area contributed by atoms with Gasteiger partial charge in [-0.2, -0.15) is 11.8 Å². The van der Waals surface area contributed by atoms with Gasteiger partial charge in [0.1, 0.15) is 0 Å². The Bertz CT molecular complexity index is 797. The Hall–Kier alpha value is -1.01. The van der Waals surface area contributed by atoms with E-state index in [4.69, 9.17) is 11.6 Å². The van der Waals surface area contributed by atoms with E-state index in [2.05, 4.69) is 4.72 Å². The fourth-order valence-electron chi connectivity index (χ4n) is 2.71. The quantitative estimate of drug-likeness (QED) is 0.717. The maximum Gasteiger partial charge on any atom is 0.241 e. The Balaban J connectivity index is 1.91. The zero-order valence-corrected chi connectivity index (χ0v) is 16.5. The molecule has 0 heterocycles. The van der Waals surface area contributed by atoms with E-state index in [0.29, 0.717) is 17.2 Å². The monoisotopic (exact) mass is 383 g/mol. The number of halogens is 1. The molecule has 0 fully saturated rings. The second-order valence-electron chi connectivity index (χ2n) is 5.77. The molecular formula is C18H22ClNO2S2. The van der Waals surface area contributed by atoms with Crippen LogP contribution in [-0.2, 0) is 15.8 Å². The highest BCUT2D eigenvalue weighted by Gasteiger charge is 2.19. The summed E-state index contributed by atoms with van der Waals surface area (Å²) in [7, 11) is -3.48. The Labute approximate surface area is 153 Å². The van der Waals surface area contributed by atoms with Gasteiger partial charge in [0, 0.05) is 23.1 Å². The van der Waals surface area contributed by atoms with Gasteiger partial charge in [-0.05, 0) is 43.5 Å². The zero-order valence-electron chi connectivity index (χ0n) is 14.1. The third-order valence-electron chi connectivity index (χ3n) is 3.63. The van der Waals surface area contributed by atoms with Gasteiger partial charge in [-0.25, -0.2) is 13.1 Å². The standard InChI is InChI=1S/C18H22ClNO2S2/c1-13-10-14(2)18(15(3)11-13)24(21,22)20-8-9-23-12-16-6-4-5-7-17(16)19/h4-7,10-11,20H,8-9,12H2,1-3H3. The Kier molecular flexibility index (Phi) is 6.75. The molecule has 3 nitrogen and oxygen atoms in total. The molecule has 2 aromatic rings. The molecule has 24 heavy (non-hydrogen) atoms. The maximum absolute atomic E-state index is 12.5. The largest absolute Gasteiger partial charge is 0.241 e. The number of hydrogen-bond donors (Lipinski definition) is 1. The third-order valence-corrected chi connectivity index (χ3v) is 6.77. The highest BCUT2D eigenvalue weighted by molar-refractivity contribution is 7.98. The minimum absolute atomic E-state index is 0.393. The van der Waals surface area contributed by atoms with Gasteiger partial charge in [-0.3, -0.25) is 0 Å². The summed E-state index contributed by atoms with van der Waals surface area (Å²) in [4.78, 5) is 0.393. The van der Waals surface area contributed by atoms with Crippen LogP contribution in [0.5, 0.6) is 0 Å². The molecule has 0 amide bonds. The Morgan fingerprint density at radius 2 is 1.71 bits per heavy atom. The van der Waals surface area contributed by atoms with Crippen LogP contribution in [0.2, 0.25) is 5.02 Å². The van der Waals surface area contributed by atoms with Gasteiger partial charge in [0.25, 0.3) is 0 Å². The summed E-state index contributed by atoms with van der Waals surface area (Å²) in [6.07, 6.45) is 0. The topological polar surface area (TPSA) is 46.2 Å². The molecule has 2 aromatic carbocycles. The first-order valence-electron chi connectivity index (χ1n) is 7.70. The van der Waals surface area contributed by atoms with Crippen LogP contribution in [-0.4, -0.2) is 20.7 Å². The molecule has 130 valence electrons. The molecule has 0 atom stereocenters. The van der Waals surface area contributed by atoms with E-state index >= 15 is 0 Å². The predicted molar refractivity (Wildman–Crippen MR) is 103 cm³/mol. The second kappa shape index (κ2) is 8.39. The molecule has 0 spiro atoms. The normalized spacial score (nSPS) is 11.7. The second-order valence-corrected chi connectivity index (χ2v) is 8.99. The lowest BCUT2D eigenvalue weighted by molar-refractivity contribution is 0.583. The average molecular weight is 384 g/mol. The molecule has 1 N–H and O–H groups in total. The lowest BCUT2D eigenvalue weighted by Gasteiger charge is -2.13. The van der Waals surface area contributed by atoms with Crippen LogP contribution in [0.25, 0.3) is 0 Å². The van der Waals surface area contributed by atoms with Crippen molar-refractivity contribution < 1.29 is 8.42 Å².